The minimum atomic E-state index is -5.27. The number of benzene rings is 1. The summed E-state index contributed by atoms with van der Waals surface area (Å²) in [6.45, 7) is 0. The zero-order chi connectivity index (χ0) is 19.8. The zero-order valence-corrected chi connectivity index (χ0v) is 14.1. The number of hydrogen-bond acceptors (Lipinski definition) is 3. The highest BCUT2D eigenvalue weighted by atomic mass is 19.4. The van der Waals surface area contributed by atoms with E-state index in [4.69, 9.17) is 0 Å². The van der Waals surface area contributed by atoms with Gasteiger partial charge in [-0.3, -0.25) is 19.8 Å². The minimum absolute atomic E-state index is 0.279. The van der Waals surface area contributed by atoms with Gasteiger partial charge in [0.25, 0.3) is 17.5 Å². The monoisotopic (exact) mass is 387 g/mol. The Labute approximate surface area is 151 Å². The smallest absolute Gasteiger partial charge is 0.314 e. The minimum Gasteiger partial charge on any atom is -0.314 e. The molecule has 6 nitrogen and oxygen atoms in total. The second-order valence-corrected chi connectivity index (χ2v) is 6.61. The molecule has 3 rings (SSSR count). The summed E-state index contributed by atoms with van der Waals surface area (Å²) in [5, 5.41) is 3.23. The molecule has 1 atom stereocenters. The first kappa shape index (κ1) is 19.1. The third-order valence-electron chi connectivity index (χ3n) is 4.83. The Bertz CT molecular complexity index is 760. The Morgan fingerprint density at radius 2 is 1.70 bits per heavy atom. The number of imide groups is 1. The molecule has 2 fully saturated rings. The van der Waals surface area contributed by atoms with Crippen LogP contribution >= 0.6 is 0 Å². The number of carbonyl (C=O) groups is 3. The van der Waals surface area contributed by atoms with Crippen molar-refractivity contribution >= 4 is 17.8 Å². The molecule has 10 heteroatoms. The van der Waals surface area contributed by atoms with Crippen LogP contribution in [0.15, 0.2) is 24.3 Å². The third-order valence-corrected chi connectivity index (χ3v) is 4.83. The van der Waals surface area contributed by atoms with Crippen molar-refractivity contribution in [2.45, 2.75) is 50.0 Å². The van der Waals surface area contributed by atoms with Gasteiger partial charge in [-0.05, 0) is 37.1 Å². The predicted octanol–water partition coefficient (Wildman–Crippen LogP) is 2.70. The average molecular weight is 387 g/mol. The normalized spacial score (nSPS) is 24.1. The first-order chi connectivity index (χ1) is 12.7. The van der Waals surface area contributed by atoms with Crippen molar-refractivity contribution in [2.24, 2.45) is 0 Å². The Morgan fingerprint density at radius 1 is 1.11 bits per heavy atom. The molecule has 2 aliphatic rings. The van der Waals surface area contributed by atoms with Gasteiger partial charge >= 0.3 is 12.2 Å². The molecular formula is C17H17F4N3O3. The first-order valence-corrected chi connectivity index (χ1v) is 8.46. The molecule has 1 aromatic carbocycles. The van der Waals surface area contributed by atoms with E-state index in [9.17, 15) is 31.9 Å². The fourth-order valence-corrected chi connectivity index (χ4v) is 3.41. The maximum Gasteiger partial charge on any atom is 0.440 e. The van der Waals surface area contributed by atoms with E-state index in [1.165, 1.54) is 0 Å². The number of urea groups is 1. The lowest BCUT2D eigenvalue weighted by Crippen LogP contribution is -2.69. The number of carbonyl (C=O) groups excluding carboxylic acids is 3. The number of alkyl halides is 3. The molecule has 146 valence electrons. The largest absolute Gasteiger partial charge is 0.440 e. The van der Waals surface area contributed by atoms with Crippen LogP contribution in [0, 0.1) is 5.82 Å². The van der Waals surface area contributed by atoms with Crippen LogP contribution < -0.4 is 10.6 Å². The summed E-state index contributed by atoms with van der Waals surface area (Å²) in [6, 6.07) is 1.93. The summed E-state index contributed by atoms with van der Waals surface area (Å²) in [7, 11) is 0. The summed E-state index contributed by atoms with van der Waals surface area (Å²) in [4.78, 5) is 37.7. The number of rotatable bonds is 3. The second kappa shape index (κ2) is 6.82. The topological polar surface area (TPSA) is 78.5 Å². The molecule has 0 radical (unpaired) electrons. The highest BCUT2D eigenvalue weighted by Crippen LogP contribution is 2.36. The lowest BCUT2D eigenvalue weighted by molar-refractivity contribution is -0.200. The summed E-state index contributed by atoms with van der Waals surface area (Å²) in [5.41, 5.74) is -3.83. The lowest BCUT2D eigenvalue weighted by Gasteiger charge is -2.32. The summed E-state index contributed by atoms with van der Waals surface area (Å²) < 4.78 is 54.3. The van der Waals surface area contributed by atoms with Crippen molar-refractivity contribution in [2.75, 3.05) is 0 Å². The van der Waals surface area contributed by atoms with Gasteiger partial charge in [0.05, 0.1) is 0 Å². The van der Waals surface area contributed by atoms with Crippen LogP contribution in [0.3, 0.4) is 0 Å². The predicted molar refractivity (Wildman–Crippen MR) is 84.9 cm³/mol. The van der Waals surface area contributed by atoms with Gasteiger partial charge in [-0.15, -0.1) is 0 Å². The van der Waals surface area contributed by atoms with Crippen molar-refractivity contribution < 1.29 is 31.9 Å². The van der Waals surface area contributed by atoms with E-state index in [0.717, 1.165) is 30.7 Å². The van der Waals surface area contributed by atoms with Gasteiger partial charge in [0, 0.05) is 11.6 Å². The van der Waals surface area contributed by atoms with Crippen LogP contribution in [0.5, 0.6) is 0 Å². The molecule has 1 saturated heterocycles. The van der Waals surface area contributed by atoms with E-state index in [1.807, 2.05) is 0 Å². The zero-order valence-electron chi connectivity index (χ0n) is 14.1. The summed E-state index contributed by atoms with van der Waals surface area (Å²) >= 11 is 0. The highest BCUT2D eigenvalue weighted by molar-refractivity contribution is 6.10. The van der Waals surface area contributed by atoms with E-state index in [0.29, 0.717) is 30.6 Å². The molecule has 1 saturated carbocycles. The van der Waals surface area contributed by atoms with Crippen molar-refractivity contribution in [1.29, 1.82) is 0 Å². The molecule has 1 aliphatic carbocycles. The maximum atomic E-state index is 13.8. The van der Waals surface area contributed by atoms with E-state index >= 15 is 0 Å². The van der Waals surface area contributed by atoms with Crippen LogP contribution in [0.25, 0.3) is 0 Å². The van der Waals surface area contributed by atoms with E-state index in [-0.39, 0.29) is 5.56 Å². The molecule has 0 aromatic heterocycles. The third kappa shape index (κ3) is 3.35. The van der Waals surface area contributed by atoms with Crippen molar-refractivity contribution in [3.63, 3.8) is 0 Å². The van der Waals surface area contributed by atoms with E-state index in [2.05, 4.69) is 0 Å². The Morgan fingerprint density at radius 3 is 2.26 bits per heavy atom. The van der Waals surface area contributed by atoms with Gasteiger partial charge in [-0.25, -0.2) is 9.18 Å². The lowest BCUT2D eigenvalue weighted by atomic mass is 9.94. The second-order valence-electron chi connectivity index (χ2n) is 6.61. The van der Waals surface area contributed by atoms with Crippen LogP contribution in [0.2, 0.25) is 0 Å². The van der Waals surface area contributed by atoms with Crippen LogP contribution in [0.4, 0.5) is 22.4 Å². The van der Waals surface area contributed by atoms with Crippen molar-refractivity contribution in [3.8, 4) is 0 Å². The van der Waals surface area contributed by atoms with Gasteiger partial charge in [0.2, 0.25) is 0 Å². The number of hydrogen-bond donors (Lipinski definition) is 2. The molecule has 0 spiro atoms. The van der Waals surface area contributed by atoms with Gasteiger partial charge in [-0.1, -0.05) is 19.3 Å². The summed E-state index contributed by atoms with van der Waals surface area (Å²) in [5.74, 6) is -3.49. The van der Waals surface area contributed by atoms with Gasteiger partial charge in [-0.2, -0.15) is 13.2 Å². The number of nitrogens with zero attached hydrogens (tertiary/aromatic N) is 1. The standard InChI is InChI=1S/C17H17F4N3O3/c18-11-8-6-10(7-9-11)13(25)22-16(17(19,20)21)14(26)24(15(27)23-16)12-4-2-1-3-5-12/h6-9,12H,1-5H2,(H,22,25)(H,23,27)/t16-/m1/s1. The molecule has 2 N–H and O–H groups in total. The van der Waals surface area contributed by atoms with Crippen molar-refractivity contribution in [1.82, 2.24) is 15.5 Å². The number of amides is 4. The fourth-order valence-electron chi connectivity index (χ4n) is 3.41. The molecule has 4 amide bonds. The van der Waals surface area contributed by atoms with E-state index in [1.54, 1.807) is 10.6 Å². The molecule has 0 bridgehead atoms. The SMILES string of the molecule is O=C(N[C@@]1(C(F)(F)F)NC(=O)N(C2CCCCC2)C1=O)c1ccc(F)cc1. The average Bonchev–Trinajstić information content (AvgIpc) is 2.87. The Kier molecular flexibility index (Phi) is 4.83. The summed E-state index contributed by atoms with van der Waals surface area (Å²) in [6.07, 6.45) is -2.16. The molecule has 1 aromatic rings. The van der Waals surface area contributed by atoms with Crippen LogP contribution in [-0.2, 0) is 4.79 Å². The molecule has 27 heavy (non-hydrogen) atoms. The molecular weight excluding hydrogens is 370 g/mol. The van der Waals surface area contributed by atoms with Crippen molar-refractivity contribution in [3.05, 3.63) is 35.6 Å². The van der Waals surface area contributed by atoms with Gasteiger partial charge < -0.3 is 5.32 Å². The Balaban J connectivity index is 1.91. The fraction of sp³-hybridized carbons (Fsp3) is 0.471. The van der Waals surface area contributed by atoms with E-state index < -0.39 is 41.5 Å². The van der Waals surface area contributed by atoms with Crippen LogP contribution in [-0.4, -0.2) is 40.6 Å². The highest BCUT2D eigenvalue weighted by Gasteiger charge is 2.69. The molecule has 1 aliphatic heterocycles. The number of halogens is 4. The molecule has 0 unspecified atom stereocenters. The quantitative estimate of drug-likeness (QED) is 0.618. The Hall–Kier alpha value is -2.65. The van der Waals surface area contributed by atoms with Gasteiger partial charge in [0.15, 0.2) is 0 Å². The van der Waals surface area contributed by atoms with Crippen LogP contribution in [0.1, 0.15) is 42.5 Å². The first-order valence-electron chi connectivity index (χ1n) is 8.46. The maximum absolute atomic E-state index is 13.8. The van der Waals surface area contributed by atoms with Gasteiger partial charge in [0.1, 0.15) is 5.82 Å². The molecule has 1 heterocycles. The number of nitrogens with one attached hydrogen (secondary N) is 2.